The number of imide groups is 1. The zero-order chi connectivity index (χ0) is 18.4. The first kappa shape index (κ1) is 16.6. The molecule has 8 nitrogen and oxygen atoms in total. The molecule has 4 rings (SSSR count). The van der Waals surface area contributed by atoms with E-state index in [9.17, 15) is 14.4 Å². The molecule has 0 spiro atoms. The van der Waals surface area contributed by atoms with Crippen molar-refractivity contribution in [2.75, 3.05) is 11.4 Å². The molecule has 4 amide bonds. The molecule has 2 N–H and O–H groups in total. The van der Waals surface area contributed by atoms with Crippen LogP contribution in [0.3, 0.4) is 0 Å². The van der Waals surface area contributed by atoms with Gasteiger partial charge in [-0.1, -0.05) is 13.3 Å². The molecule has 0 saturated carbocycles. The molecule has 0 aliphatic carbocycles. The summed E-state index contributed by atoms with van der Waals surface area (Å²) in [6.07, 6.45) is 3.40. The zero-order valence-corrected chi connectivity index (χ0v) is 14.6. The second kappa shape index (κ2) is 6.12. The number of fused-ring (bicyclic) bond motifs is 2. The van der Waals surface area contributed by atoms with E-state index in [0.717, 1.165) is 24.8 Å². The zero-order valence-electron chi connectivity index (χ0n) is 14.6. The largest absolute Gasteiger partial charge is 0.366 e. The summed E-state index contributed by atoms with van der Waals surface area (Å²) >= 11 is 0. The van der Waals surface area contributed by atoms with Gasteiger partial charge in [-0.3, -0.25) is 9.59 Å². The quantitative estimate of drug-likeness (QED) is 0.827. The number of primary amides is 1. The van der Waals surface area contributed by atoms with Crippen LogP contribution in [0.2, 0.25) is 0 Å². The van der Waals surface area contributed by atoms with E-state index in [4.69, 9.17) is 5.73 Å². The van der Waals surface area contributed by atoms with Crippen LogP contribution in [0.25, 0.3) is 11.0 Å². The summed E-state index contributed by atoms with van der Waals surface area (Å²) in [7, 11) is 0. The minimum absolute atomic E-state index is 0.212. The fourth-order valence-electron chi connectivity index (χ4n) is 3.79. The number of anilines is 1. The Labute approximate surface area is 150 Å². The second-order valence-corrected chi connectivity index (χ2v) is 6.79. The Morgan fingerprint density at radius 2 is 2.15 bits per heavy atom. The number of carbonyl (C=O) groups excluding carboxylic acids is 3. The van der Waals surface area contributed by atoms with Crippen molar-refractivity contribution in [3.8, 4) is 0 Å². The number of amides is 4. The molecule has 3 heterocycles. The number of hydrogen-bond donors (Lipinski definition) is 1. The number of unbranched alkanes of at least 4 members (excludes halogenated alkanes) is 1. The first-order chi connectivity index (χ1) is 12.5. The van der Waals surface area contributed by atoms with Gasteiger partial charge in [0, 0.05) is 18.7 Å². The molecule has 2 fully saturated rings. The van der Waals surface area contributed by atoms with Gasteiger partial charge in [-0.15, -0.1) is 0 Å². The number of hydrogen-bond acceptors (Lipinski definition) is 4. The monoisotopic (exact) mass is 355 g/mol. The predicted octanol–water partition coefficient (Wildman–Crippen LogP) is 1.87. The van der Waals surface area contributed by atoms with Crippen molar-refractivity contribution >= 4 is 34.8 Å². The van der Waals surface area contributed by atoms with Crippen molar-refractivity contribution in [2.24, 2.45) is 5.73 Å². The summed E-state index contributed by atoms with van der Waals surface area (Å²) < 4.78 is 1.89. The highest BCUT2D eigenvalue weighted by Crippen LogP contribution is 2.33. The molecule has 2 aromatic rings. The third-order valence-corrected chi connectivity index (χ3v) is 5.14. The van der Waals surface area contributed by atoms with Crippen LogP contribution in [0, 0.1) is 0 Å². The fourth-order valence-corrected chi connectivity index (χ4v) is 3.79. The predicted molar refractivity (Wildman–Crippen MR) is 95.8 cm³/mol. The molecule has 26 heavy (non-hydrogen) atoms. The van der Waals surface area contributed by atoms with Crippen molar-refractivity contribution in [1.29, 1.82) is 0 Å². The SMILES string of the molecule is CCCCn1c(N2C(=O)[C@@H]3CCCN3C2=O)nc2cc(C(N)=O)ccc21. The molecule has 2 aliphatic rings. The highest BCUT2D eigenvalue weighted by atomic mass is 16.2. The molecule has 0 unspecified atom stereocenters. The van der Waals surface area contributed by atoms with Crippen LogP contribution in [0.15, 0.2) is 18.2 Å². The third-order valence-electron chi connectivity index (χ3n) is 5.14. The molecule has 1 atom stereocenters. The molecule has 1 aromatic heterocycles. The van der Waals surface area contributed by atoms with Gasteiger partial charge in [-0.05, 0) is 37.5 Å². The van der Waals surface area contributed by atoms with E-state index >= 15 is 0 Å². The summed E-state index contributed by atoms with van der Waals surface area (Å²) in [5.74, 6) is -0.416. The van der Waals surface area contributed by atoms with E-state index < -0.39 is 5.91 Å². The molecule has 2 saturated heterocycles. The first-order valence-corrected chi connectivity index (χ1v) is 8.97. The van der Waals surface area contributed by atoms with E-state index in [1.165, 1.54) is 4.90 Å². The lowest BCUT2D eigenvalue weighted by atomic mass is 10.2. The topological polar surface area (TPSA) is 102 Å². The Morgan fingerprint density at radius 1 is 1.35 bits per heavy atom. The summed E-state index contributed by atoms with van der Waals surface area (Å²) in [5.41, 5.74) is 7.05. The number of nitrogens with two attached hydrogens (primary N) is 1. The van der Waals surface area contributed by atoms with E-state index in [-0.39, 0.29) is 18.0 Å². The summed E-state index contributed by atoms with van der Waals surface area (Å²) in [4.78, 5) is 44.4. The van der Waals surface area contributed by atoms with Crippen LogP contribution in [0.1, 0.15) is 43.0 Å². The second-order valence-electron chi connectivity index (χ2n) is 6.79. The van der Waals surface area contributed by atoms with Crippen LogP contribution >= 0.6 is 0 Å². The van der Waals surface area contributed by atoms with E-state index in [1.54, 1.807) is 23.1 Å². The molecule has 0 bridgehead atoms. The number of benzene rings is 1. The average molecular weight is 355 g/mol. The first-order valence-electron chi connectivity index (χ1n) is 8.97. The van der Waals surface area contributed by atoms with Gasteiger partial charge in [-0.25, -0.2) is 9.78 Å². The van der Waals surface area contributed by atoms with Gasteiger partial charge >= 0.3 is 6.03 Å². The van der Waals surface area contributed by atoms with Gasteiger partial charge in [0.25, 0.3) is 5.91 Å². The molecule has 136 valence electrons. The van der Waals surface area contributed by atoms with E-state index in [1.807, 2.05) is 4.57 Å². The molecule has 8 heteroatoms. The number of nitrogens with zero attached hydrogens (tertiary/aromatic N) is 4. The normalized spacial score (nSPS) is 19.7. The van der Waals surface area contributed by atoms with Gasteiger partial charge in [0.15, 0.2) is 0 Å². The van der Waals surface area contributed by atoms with Gasteiger partial charge in [0.05, 0.1) is 11.0 Å². The van der Waals surface area contributed by atoms with Crippen LogP contribution < -0.4 is 10.6 Å². The maximum atomic E-state index is 12.8. The van der Waals surface area contributed by atoms with Gasteiger partial charge in [-0.2, -0.15) is 4.90 Å². The molecule has 0 radical (unpaired) electrons. The summed E-state index contributed by atoms with van der Waals surface area (Å²) in [5, 5.41) is 0. The van der Waals surface area contributed by atoms with Crippen molar-refractivity contribution in [3.63, 3.8) is 0 Å². The van der Waals surface area contributed by atoms with E-state index in [2.05, 4.69) is 11.9 Å². The lowest BCUT2D eigenvalue weighted by Gasteiger charge is -2.16. The molecular formula is C18H21N5O3. The van der Waals surface area contributed by atoms with Gasteiger partial charge in [0.2, 0.25) is 11.9 Å². The van der Waals surface area contributed by atoms with Crippen molar-refractivity contribution in [3.05, 3.63) is 23.8 Å². The lowest BCUT2D eigenvalue weighted by molar-refractivity contribution is -0.119. The Hall–Kier alpha value is -2.90. The van der Waals surface area contributed by atoms with Crippen LogP contribution in [-0.4, -0.2) is 44.9 Å². The number of carbonyl (C=O) groups is 3. The van der Waals surface area contributed by atoms with Crippen molar-refractivity contribution in [2.45, 2.75) is 45.2 Å². The number of aryl methyl sites for hydroxylation is 1. The van der Waals surface area contributed by atoms with Gasteiger partial charge < -0.3 is 15.2 Å². The number of urea groups is 1. The van der Waals surface area contributed by atoms with Crippen molar-refractivity contribution < 1.29 is 14.4 Å². The van der Waals surface area contributed by atoms with Crippen molar-refractivity contribution in [1.82, 2.24) is 14.5 Å². The van der Waals surface area contributed by atoms with Crippen LogP contribution in [0.5, 0.6) is 0 Å². The highest BCUT2D eigenvalue weighted by molar-refractivity contribution is 6.21. The summed E-state index contributed by atoms with van der Waals surface area (Å²) in [6.45, 7) is 3.32. The van der Waals surface area contributed by atoms with E-state index in [0.29, 0.717) is 36.5 Å². The Balaban J connectivity index is 1.84. The molecule has 2 aliphatic heterocycles. The smallest absolute Gasteiger partial charge is 0.334 e. The highest BCUT2D eigenvalue weighted by Gasteiger charge is 2.49. The molecule has 1 aromatic carbocycles. The van der Waals surface area contributed by atoms with Crippen LogP contribution in [-0.2, 0) is 11.3 Å². The Morgan fingerprint density at radius 3 is 2.85 bits per heavy atom. The Kier molecular flexibility index (Phi) is 3.90. The maximum absolute atomic E-state index is 12.8. The number of aromatic nitrogens is 2. The van der Waals surface area contributed by atoms with Gasteiger partial charge in [0.1, 0.15) is 6.04 Å². The number of rotatable bonds is 5. The summed E-state index contributed by atoms with van der Waals surface area (Å²) in [6, 6.07) is 4.34. The minimum atomic E-state index is -0.537. The molecular weight excluding hydrogens is 334 g/mol. The fraction of sp³-hybridized carbons (Fsp3) is 0.444. The standard InChI is InChI=1S/C18H21N5O3/c1-2-3-8-21-13-7-6-11(15(19)24)10-12(13)20-17(21)23-16(25)14-5-4-9-22(14)18(23)26/h6-7,10,14H,2-5,8-9H2,1H3,(H2,19,24)/t14-/m0/s1. The minimum Gasteiger partial charge on any atom is -0.366 e. The average Bonchev–Trinajstić information content (AvgIpc) is 3.29. The van der Waals surface area contributed by atoms with Crippen LogP contribution in [0.4, 0.5) is 10.7 Å². The third kappa shape index (κ3) is 2.36. The lowest BCUT2D eigenvalue weighted by Crippen LogP contribution is -2.35. The maximum Gasteiger partial charge on any atom is 0.334 e. The number of imidazole rings is 1. The Bertz CT molecular complexity index is 897.